The van der Waals surface area contributed by atoms with Crippen molar-refractivity contribution in [3.05, 3.63) is 24.3 Å². The highest BCUT2D eigenvalue weighted by molar-refractivity contribution is 7.92. The van der Waals surface area contributed by atoms with Crippen LogP contribution < -0.4 is 4.74 Å². The van der Waals surface area contributed by atoms with E-state index in [0.717, 1.165) is 44.2 Å². The molecule has 7 nitrogen and oxygen atoms in total. The van der Waals surface area contributed by atoms with E-state index in [0.29, 0.717) is 6.42 Å². The molecule has 0 aliphatic heterocycles. The third-order valence-corrected chi connectivity index (χ3v) is 5.95. The first kappa shape index (κ1) is 21.6. The number of unbranched alkanes of at least 4 members (excludes halogenated alkanes) is 5. The van der Waals surface area contributed by atoms with Gasteiger partial charge in [0, 0.05) is 0 Å². The molecule has 0 bridgehead atoms. The molecule has 25 heavy (non-hydrogen) atoms. The van der Waals surface area contributed by atoms with Gasteiger partial charge in [-0.1, -0.05) is 39.0 Å². The van der Waals surface area contributed by atoms with Crippen molar-refractivity contribution < 1.29 is 30.9 Å². The zero-order chi connectivity index (χ0) is 18.9. The number of ether oxygens (including phenoxy) is 1. The fourth-order valence-electron chi connectivity index (χ4n) is 2.19. The third kappa shape index (κ3) is 8.99. The molecule has 0 aliphatic carbocycles. The topological polar surface area (TPSA) is 115 Å². The average Bonchev–Trinajstić information content (AvgIpc) is 2.49. The second-order valence-electron chi connectivity index (χ2n) is 5.78. The Hall–Kier alpha value is -1.45. The van der Waals surface area contributed by atoms with Crippen LogP contribution in [0.3, 0.4) is 0 Å². The maximum atomic E-state index is 11.9. The number of carbonyl (C=O) groups is 1. The van der Waals surface area contributed by atoms with Gasteiger partial charge < -0.3 is 4.74 Å². The summed E-state index contributed by atoms with van der Waals surface area (Å²) in [6, 6.07) is 4.45. The molecule has 9 heteroatoms. The molecule has 0 spiro atoms. The van der Waals surface area contributed by atoms with E-state index in [1.54, 1.807) is 0 Å². The quantitative estimate of drug-likeness (QED) is 0.266. The minimum Gasteiger partial charge on any atom is -0.426 e. The van der Waals surface area contributed by atoms with Crippen LogP contribution in [0.15, 0.2) is 29.2 Å². The highest BCUT2D eigenvalue weighted by Crippen LogP contribution is 2.16. The minimum atomic E-state index is -4.33. The van der Waals surface area contributed by atoms with Gasteiger partial charge in [0.25, 0.3) is 10.1 Å². The third-order valence-electron chi connectivity index (χ3n) is 3.50. The van der Waals surface area contributed by atoms with Gasteiger partial charge in [-0.15, -0.1) is 0 Å². The van der Waals surface area contributed by atoms with Gasteiger partial charge in [0.15, 0.2) is 9.84 Å². The van der Waals surface area contributed by atoms with Crippen LogP contribution in [0.2, 0.25) is 0 Å². The van der Waals surface area contributed by atoms with Crippen LogP contribution in [0.1, 0.15) is 45.4 Å². The summed E-state index contributed by atoms with van der Waals surface area (Å²) in [5, 5.41) is 0. The van der Waals surface area contributed by atoms with Crippen molar-refractivity contribution in [1.29, 1.82) is 0 Å². The molecule has 0 atom stereocenters. The molecule has 1 aromatic carbocycles. The maximum absolute atomic E-state index is 11.9. The fraction of sp³-hybridized carbons (Fsp3) is 0.562. The number of hydrogen-bond acceptors (Lipinski definition) is 6. The van der Waals surface area contributed by atoms with Gasteiger partial charge in [-0.3, -0.25) is 9.35 Å². The van der Waals surface area contributed by atoms with Gasteiger partial charge >= 0.3 is 5.97 Å². The van der Waals surface area contributed by atoms with Crippen molar-refractivity contribution in [3.63, 3.8) is 0 Å². The summed E-state index contributed by atoms with van der Waals surface area (Å²) in [4.78, 5) is 11.4. The molecule has 0 amide bonds. The van der Waals surface area contributed by atoms with Crippen LogP contribution in [0.5, 0.6) is 5.75 Å². The van der Waals surface area contributed by atoms with Gasteiger partial charge in [-0.25, -0.2) is 8.42 Å². The first-order valence-electron chi connectivity index (χ1n) is 8.13. The van der Waals surface area contributed by atoms with Crippen LogP contribution in [0.25, 0.3) is 0 Å². The summed E-state index contributed by atoms with van der Waals surface area (Å²) in [5.74, 6) is -1.70. The van der Waals surface area contributed by atoms with Crippen molar-refractivity contribution in [2.75, 3.05) is 11.5 Å². The van der Waals surface area contributed by atoms with E-state index in [-0.39, 0.29) is 16.4 Å². The van der Waals surface area contributed by atoms with Crippen molar-refractivity contribution in [3.8, 4) is 5.75 Å². The highest BCUT2D eigenvalue weighted by atomic mass is 32.2. The first-order valence-corrected chi connectivity index (χ1v) is 11.4. The standard InChI is InChI=1S/C16H24O7S2/c1-2-3-4-5-6-7-12-24(18,19)13-16(17)23-14-8-10-15(11-9-14)25(20,21)22/h8-11H,2-7,12-13H2,1H3,(H,20,21,22). The number of sulfone groups is 1. The molecule has 0 fully saturated rings. The largest absolute Gasteiger partial charge is 0.426 e. The predicted octanol–water partition coefficient (Wildman–Crippen LogP) is 2.61. The molecule has 1 N–H and O–H groups in total. The van der Waals surface area contributed by atoms with Gasteiger partial charge in [0.1, 0.15) is 11.5 Å². The van der Waals surface area contributed by atoms with Crippen molar-refractivity contribution >= 4 is 25.9 Å². The van der Waals surface area contributed by atoms with Gasteiger partial charge in [0.2, 0.25) is 0 Å². The summed E-state index contributed by atoms with van der Waals surface area (Å²) in [5.41, 5.74) is 0. The van der Waals surface area contributed by atoms with E-state index >= 15 is 0 Å². The van der Waals surface area contributed by atoms with Crippen LogP contribution >= 0.6 is 0 Å². The summed E-state index contributed by atoms with van der Waals surface area (Å²) >= 11 is 0. The highest BCUT2D eigenvalue weighted by Gasteiger charge is 2.18. The van der Waals surface area contributed by atoms with Crippen molar-refractivity contribution in [2.24, 2.45) is 0 Å². The minimum absolute atomic E-state index is 0.00663. The van der Waals surface area contributed by atoms with E-state index in [1.807, 2.05) is 0 Å². The van der Waals surface area contributed by atoms with Crippen LogP contribution in [-0.2, 0) is 24.7 Å². The van der Waals surface area contributed by atoms with Gasteiger partial charge in [-0.2, -0.15) is 8.42 Å². The predicted molar refractivity (Wildman–Crippen MR) is 93.9 cm³/mol. The average molecular weight is 392 g/mol. The second-order valence-corrected chi connectivity index (χ2v) is 9.39. The normalized spacial score (nSPS) is 12.1. The summed E-state index contributed by atoms with van der Waals surface area (Å²) < 4.78 is 59.3. The summed E-state index contributed by atoms with van der Waals surface area (Å²) in [6.07, 6.45) is 5.64. The molecule has 0 aliphatic rings. The number of carbonyl (C=O) groups excluding carboxylic acids is 1. The van der Waals surface area contributed by atoms with Crippen LogP contribution in [0, 0.1) is 0 Å². The monoisotopic (exact) mass is 392 g/mol. The molecule has 142 valence electrons. The Labute approximate surface area is 149 Å². The Bertz CT molecular complexity index is 750. The van der Waals surface area contributed by atoms with Gasteiger partial charge in [0.05, 0.1) is 10.6 Å². The smallest absolute Gasteiger partial charge is 0.326 e. The lowest BCUT2D eigenvalue weighted by molar-refractivity contribution is -0.131. The molecule has 0 radical (unpaired) electrons. The van der Waals surface area contributed by atoms with Crippen molar-refractivity contribution in [2.45, 2.75) is 50.3 Å². The first-order chi connectivity index (χ1) is 11.6. The fourth-order valence-corrected chi connectivity index (χ4v) is 3.88. The second kappa shape index (κ2) is 9.88. The molecular formula is C16H24O7S2. The van der Waals surface area contributed by atoms with E-state index < -0.39 is 31.7 Å². The zero-order valence-corrected chi connectivity index (χ0v) is 15.8. The Kier molecular flexibility index (Phi) is 8.54. The number of esters is 1. The number of hydrogen-bond donors (Lipinski definition) is 1. The van der Waals surface area contributed by atoms with E-state index in [2.05, 4.69) is 6.92 Å². The molecule has 0 aromatic heterocycles. The maximum Gasteiger partial charge on any atom is 0.326 e. The van der Waals surface area contributed by atoms with E-state index in [4.69, 9.17) is 9.29 Å². The lowest BCUT2D eigenvalue weighted by Gasteiger charge is -2.06. The summed E-state index contributed by atoms with van der Waals surface area (Å²) in [7, 11) is -7.87. The zero-order valence-electron chi connectivity index (χ0n) is 14.2. The molecule has 0 saturated carbocycles. The molecular weight excluding hydrogens is 368 g/mol. The Morgan fingerprint density at radius 1 is 0.960 bits per heavy atom. The number of benzene rings is 1. The lowest BCUT2D eigenvalue weighted by atomic mass is 10.1. The molecule has 1 rings (SSSR count). The van der Waals surface area contributed by atoms with Crippen LogP contribution in [-0.4, -0.2) is 38.9 Å². The Morgan fingerprint density at radius 3 is 2.08 bits per heavy atom. The van der Waals surface area contributed by atoms with Gasteiger partial charge in [-0.05, 0) is 30.7 Å². The Balaban J connectivity index is 2.44. The van der Waals surface area contributed by atoms with Crippen molar-refractivity contribution in [1.82, 2.24) is 0 Å². The molecule has 1 aromatic rings. The van der Waals surface area contributed by atoms with E-state index in [9.17, 15) is 21.6 Å². The molecule has 0 unspecified atom stereocenters. The summed E-state index contributed by atoms with van der Waals surface area (Å²) in [6.45, 7) is 2.10. The number of rotatable bonds is 11. The SMILES string of the molecule is CCCCCCCCS(=O)(=O)CC(=O)Oc1ccc(S(=O)(=O)O)cc1. The van der Waals surface area contributed by atoms with E-state index in [1.165, 1.54) is 12.1 Å². The Morgan fingerprint density at radius 2 is 1.52 bits per heavy atom. The molecule has 0 saturated heterocycles. The lowest BCUT2D eigenvalue weighted by Crippen LogP contribution is -2.23. The van der Waals surface area contributed by atoms with Crippen LogP contribution in [0.4, 0.5) is 0 Å². The molecule has 0 heterocycles.